The van der Waals surface area contributed by atoms with E-state index < -0.39 is 0 Å². The first-order valence-corrected chi connectivity index (χ1v) is 7.15. The zero-order chi connectivity index (χ0) is 13.4. The summed E-state index contributed by atoms with van der Waals surface area (Å²) in [7, 11) is 0. The highest BCUT2D eigenvalue weighted by atomic mass is 79.9. The van der Waals surface area contributed by atoms with Crippen LogP contribution in [0.1, 0.15) is 12.8 Å². The molecule has 0 aliphatic heterocycles. The van der Waals surface area contributed by atoms with Gasteiger partial charge in [-0.25, -0.2) is 0 Å². The van der Waals surface area contributed by atoms with Crippen LogP contribution >= 0.6 is 31.9 Å². The molecule has 0 saturated heterocycles. The summed E-state index contributed by atoms with van der Waals surface area (Å²) in [4.78, 5) is 11.4. The molecule has 0 saturated carbocycles. The summed E-state index contributed by atoms with van der Waals surface area (Å²) in [6.45, 7) is 4.64. The molecule has 1 amide bonds. The van der Waals surface area contributed by atoms with E-state index in [0.717, 1.165) is 14.7 Å². The lowest BCUT2D eigenvalue weighted by molar-refractivity contribution is -0.121. The van der Waals surface area contributed by atoms with Crippen molar-refractivity contribution < 1.29 is 9.53 Å². The third-order valence-electron chi connectivity index (χ3n) is 2.11. The highest BCUT2D eigenvalue weighted by molar-refractivity contribution is 9.11. The van der Waals surface area contributed by atoms with Crippen LogP contribution in [0.4, 0.5) is 0 Å². The minimum absolute atomic E-state index is 0.00926. The number of nitrogens with one attached hydrogen (secondary N) is 1. The van der Waals surface area contributed by atoms with Gasteiger partial charge in [0, 0.05) is 21.9 Å². The fraction of sp³-hybridized carbons (Fsp3) is 0.308. The van der Waals surface area contributed by atoms with Gasteiger partial charge < -0.3 is 10.1 Å². The van der Waals surface area contributed by atoms with Gasteiger partial charge >= 0.3 is 0 Å². The first kappa shape index (κ1) is 15.2. The van der Waals surface area contributed by atoms with Crippen LogP contribution in [-0.4, -0.2) is 19.1 Å². The summed E-state index contributed by atoms with van der Waals surface area (Å²) in [6.07, 6.45) is 1.15. The van der Waals surface area contributed by atoms with Crippen LogP contribution in [0.2, 0.25) is 0 Å². The number of halogens is 2. The van der Waals surface area contributed by atoms with E-state index in [4.69, 9.17) is 4.74 Å². The van der Waals surface area contributed by atoms with E-state index in [0.29, 0.717) is 26.0 Å². The Labute approximate surface area is 124 Å². The second-order valence-corrected chi connectivity index (χ2v) is 5.74. The van der Waals surface area contributed by atoms with E-state index in [9.17, 15) is 4.79 Å². The van der Waals surface area contributed by atoms with Gasteiger partial charge in [-0.3, -0.25) is 4.79 Å². The summed E-state index contributed by atoms with van der Waals surface area (Å²) >= 11 is 6.54. The number of hydrogen-bond acceptors (Lipinski definition) is 2. The van der Waals surface area contributed by atoms with E-state index in [1.165, 1.54) is 0 Å². The van der Waals surface area contributed by atoms with Crippen molar-refractivity contribution in [1.82, 2.24) is 5.32 Å². The molecule has 0 aliphatic rings. The van der Waals surface area contributed by atoms with Crippen molar-refractivity contribution in [3.8, 4) is 5.75 Å². The molecule has 0 heterocycles. The molecular weight excluding hydrogens is 362 g/mol. The molecule has 98 valence electrons. The van der Waals surface area contributed by atoms with Gasteiger partial charge in [0.05, 0.1) is 6.61 Å². The molecule has 0 atom stereocenters. The third kappa shape index (κ3) is 6.81. The van der Waals surface area contributed by atoms with Gasteiger partial charge in [0.25, 0.3) is 0 Å². The molecule has 0 spiro atoms. The van der Waals surface area contributed by atoms with Crippen LogP contribution in [0.15, 0.2) is 39.8 Å². The number of ether oxygens (including phenoxy) is 1. The summed E-state index contributed by atoms with van der Waals surface area (Å²) in [5, 5.41) is 2.74. The average molecular weight is 377 g/mol. The fourth-order valence-corrected chi connectivity index (χ4v) is 1.64. The van der Waals surface area contributed by atoms with Crippen molar-refractivity contribution >= 4 is 37.8 Å². The van der Waals surface area contributed by atoms with E-state index in [-0.39, 0.29) is 5.91 Å². The molecule has 5 heteroatoms. The minimum Gasteiger partial charge on any atom is -0.494 e. The topological polar surface area (TPSA) is 38.3 Å². The lowest BCUT2D eigenvalue weighted by atomic mass is 10.3. The fourth-order valence-electron chi connectivity index (χ4n) is 1.24. The maximum Gasteiger partial charge on any atom is 0.220 e. The number of hydrogen-bond donors (Lipinski definition) is 1. The number of carbonyl (C=O) groups is 1. The van der Waals surface area contributed by atoms with Gasteiger partial charge in [-0.1, -0.05) is 38.4 Å². The summed E-state index contributed by atoms with van der Waals surface area (Å²) in [6, 6.07) is 7.62. The maximum absolute atomic E-state index is 11.4. The summed E-state index contributed by atoms with van der Waals surface area (Å²) in [5.74, 6) is 0.822. The third-order valence-corrected chi connectivity index (χ3v) is 2.92. The SMILES string of the molecule is C=C(Br)CNC(=O)CCCOc1ccc(Br)cc1. The quantitative estimate of drug-likeness (QED) is 0.738. The van der Waals surface area contributed by atoms with Crippen LogP contribution in [0, 0.1) is 0 Å². The molecule has 0 unspecified atom stereocenters. The van der Waals surface area contributed by atoms with Crippen molar-refractivity contribution in [3.05, 3.63) is 39.8 Å². The molecule has 1 aromatic rings. The first-order chi connectivity index (χ1) is 8.58. The van der Waals surface area contributed by atoms with Gasteiger partial charge in [-0.2, -0.15) is 0 Å². The number of benzene rings is 1. The standard InChI is InChI=1S/C13H15Br2NO2/c1-10(14)9-16-13(17)3-2-8-18-12-6-4-11(15)5-7-12/h4-7H,1-3,8-9H2,(H,16,17). The molecular formula is C13H15Br2NO2. The van der Waals surface area contributed by atoms with Crippen molar-refractivity contribution in [1.29, 1.82) is 0 Å². The Hall–Kier alpha value is -0.810. The van der Waals surface area contributed by atoms with Crippen LogP contribution in [0.25, 0.3) is 0 Å². The molecule has 0 radical (unpaired) electrons. The van der Waals surface area contributed by atoms with Crippen molar-refractivity contribution in [2.45, 2.75) is 12.8 Å². The second kappa shape index (κ2) is 8.32. The Morgan fingerprint density at radius 1 is 1.33 bits per heavy atom. The summed E-state index contributed by atoms with van der Waals surface area (Å²) < 4.78 is 7.29. The molecule has 0 fully saturated rings. The molecule has 18 heavy (non-hydrogen) atoms. The van der Waals surface area contributed by atoms with Gasteiger partial charge in [0.1, 0.15) is 5.75 Å². The first-order valence-electron chi connectivity index (χ1n) is 5.56. The molecule has 0 bridgehead atoms. The lowest BCUT2D eigenvalue weighted by Crippen LogP contribution is -2.24. The molecule has 0 aromatic heterocycles. The monoisotopic (exact) mass is 375 g/mol. The van der Waals surface area contributed by atoms with Gasteiger partial charge in [-0.05, 0) is 30.7 Å². The van der Waals surface area contributed by atoms with E-state index in [1.54, 1.807) is 0 Å². The Kier molecular flexibility index (Phi) is 7.05. The van der Waals surface area contributed by atoms with Crippen LogP contribution in [0.3, 0.4) is 0 Å². The molecule has 0 aliphatic carbocycles. The Morgan fingerprint density at radius 3 is 2.61 bits per heavy atom. The molecule has 1 aromatic carbocycles. The Morgan fingerprint density at radius 2 is 2.00 bits per heavy atom. The van der Waals surface area contributed by atoms with Gasteiger partial charge in [0.2, 0.25) is 5.91 Å². The number of rotatable bonds is 7. The molecule has 3 nitrogen and oxygen atoms in total. The number of amides is 1. The predicted molar refractivity (Wildman–Crippen MR) is 79.9 cm³/mol. The van der Waals surface area contributed by atoms with Crippen molar-refractivity contribution in [2.24, 2.45) is 0 Å². The van der Waals surface area contributed by atoms with Gasteiger partial charge in [0.15, 0.2) is 0 Å². The Bertz CT molecular complexity index is 404. The van der Waals surface area contributed by atoms with Crippen molar-refractivity contribution in [2.75, 3.05) is 13.2 Å². The van der Waals surface area contributed by atoms with Gasteiger partial charge in [-0.15, -0.1) is 0 Å². The largest absolute Gasteiger partial charge is 0.494 e. The van der Waals surface area contributed by atoms with Crippen LogP contribution < -0.4 is 10.1 Å². The second-order valence-electron chi connectivity index (χ2n) is 3.70. The highest BCUT2D eigenvalue weighted by Gasteiger charge is 2.01. The average Bonchev–Trinajstić information content (AvgIpc) is 2.34. The van der Waals surface area contributed by atoms with Crippen molar-refractivity contribution in [3.63, 3.8) is 0 Å². The zero-order valence-corrected chi connectivity index (χ0v) is 13.1. The summed E-state index contributed by atoms with van der Waals surface area (Å²) in [5.41, 5.74) is 0. The minimum atomic E-state index is 0.00926. The highest BCUT2D eigenvalue weighted by Crippen LogP contribution is 2.16. The molecule has 1 rings (SSSR count). The van der Waals surface area contributed by atoms with Crippen LogP contribution in [0.5, 0.6) is 5.75 Å². The van der Waals surface area contributed by atoms with Crippen LogP contribution in [-0.2, 0) is 4.79 Å². The molecule has 1 N–H and O–H groups in total. The predicted octanol–water partition coefficient (Wildman–Crippen LogP) is 3.63. The zero-order valence-electron chi connectivity index (χ0n) is 9.92. The maximum atomic E-state index is 11.4. The Balaban J connectivity index is 2.13. The van der Waals surface area contributed by atoms with E-state index >= 15 is 0 Å². The van der Waals surface area contributed by atoms with E-state index in [1.807, 2.05) is 24.3 Å². The normalized spacial score (nSPS) is 9.89. The smallest absolute Gasteiger partial charge is 0.220 e. The number of carbonyl (C=O) groups excluding carboxylic acids is 1. The van der Waals surface area contributed by atoms with E-state index in [2.05, 4.69) is 43.8 Å². The lowest BCUT2D eigenvalue weighted by Gasteiger charge is -2.06.